The van der Waals surface area contributed by atoms with E-state index < -0.39 is 11.1 Å². The normalized spacial score (nSPS) is 26.1. The zero-order valence-corrected chi connectivity index (χ0v) is 14.6. The van der Waals surface area contributed by atoms with Crippen molar-refractivity contribution in [1.29, 1.82) is 0 Å². The first-order chi connectivity index (χ1) is 10.0. The van der Waals surface area contributed by atoms with Crippen molar-refractivity contribution in [3.8, 4) is 0 Å². The van der Waals surface area contributed by atoms with Gasteiger partial charge in [0.2, 0.25) is 0 Å². The Morgan fingerprint density at radius 2 is 1.36 bits per heavy atom. The van der Waals surface area contributed by atoms with Crippen molar-refractivity contribution in [2.45, 2.75) is 57.7 Å². The standard InChI is InChI=1S/C16H30N4O2/c1-15(2)10-12(17)11-16(3,4)20(15)14(22)13(21)19-8-6-18(5)7-9-19/h12H,6-11,17H2,1-5H3. The van der Waals surface area contributed by atoms with E-state index >= 15 is 0 Å². The second kappa shape index (κ2) is 5.81. The van der Waals surface area contributed by atoms with Gasteiger partial charge in [-0.15, -0.1) is 0 Å². The number of piperidine rings is 1. The van der Waals surface area contributed by atoms with Crippen LogP contribution in [0.3, 0.4) is 0 Å². The van der Waals surface area contributed by atoms with Gasteiger partial charge in [-0.3, -0.25) is 9.59 Å². The Hall–Kier alpha value is -1.14. The summed E-state index contributed by atoms with van der Waals surface area (Å²) in [7, 11) is 2.03. The van der Waals surface area contributed by atoms with E-state index in [0.29, 0.717) is 13.1 Å². The SMILES string of the molecule is CN1CCN(C(=O)C(=O)N2C(C)(C)CC(N)CC2(C)C)CC1. The summed E-state index contributed by atoms with van der Waals surface area (Å²) in [5.41, 5.74) is 5.34. The van der Waals surface area contributed by atoms with Crippen molar-refractivity contribution in [2.24, 2.45) is 5.73 Å². The molecule has 6 nitrogen and oxygen atoms in total. The minimum absolute atomic E-state index is 0.0628. The van der Waals surface area contributed by atoms with E-state index in [4.69, 9.17) is 5.73 Å². The lowest BCUT2D eigenvalue weighted by atomic mass is 9.77. The highest BCUT2D eigenvalue weighted by Gasteiger charge is 2.49. The molecule has 2 N–H and O–H groups in total. The third-order valence-corrected chi connectivity index (χ3v) is 4.91. The van der Waals surface area contributed by atoms with Gasteiger partial charge >= 0.3 is 11.8 Å². The molecule has 0 aromatic rings. The molecule has 0 spiro atoms. The fourth-order valence-corrected chi connectivity index (χ4v) is 4.15. The molecule has 0 saturated carbocycles. The van der Waals surface area contributed by atoms with E-state index in [2.05, 4.69) is 4.90 Å². The Balaban J connectivity index is 2.17. The first kappa shape index (κ1) is 17.2. The number of nitrogens with two attached hydrogens (primary N) is 1. The minimum atomic E-state index is -0.402. The van der Waals surface area contributed by atoms with Gasteiger partial charge in [-0.05, 0) is 47.6 Å². The molecule has 0 unspecified atom stereocenters. The number of likely N-dealkylation sites (tertiary alicyclic amines) is 1. The average Bonchev–Trinajstić information content (AvgIpc) is 2.35. The molecule has 2 aliphatic heterocycles. The Labute approximate surface area is 133 Å². The Morgan fingerprint density at radius 3 is 1.82 bits per heavy atom. The van der Waals surface area contributed by atoms with Crippen LogP contribution in [0.4, 0.5) is 0 Å². The summed E-state index contributed by atoms with van der Waals surface area (Å²) in [6, 6.07) is 0.0628. The Bertz CT molecular complexity index is 435. The van der Waals surface area contributed by atoms with Gasteiger partial charge in [0, 0.05) is 43.3 Å². The average molecular weight is 310 g/mol. The summed E-state index contributed by atoms with van der Waals surface area (Å²) in [5, 5.41) is 0. The van der Waals surface area contributed by atoms with Gasteiger partial charge in [0.25, 0.3) is 0 Å². The van der Waals surface area contributed by atoms with Crippen LogP contribution in [0.2, 0.25) is 0 Å². The Kier molecular flexibility index (Phi) is 4.55. The maximum atomic E-state index is 12.9. The van der Waals surface area contributed by atoms with Crippen LogP contribution < -0.4 is 5.73 Å². The van der Waals surface area contributed by atoms with E-state index in [-0.39, 0.29) is 17.9 Å². The van der Waals surface area contributed by atoms with Gasteiger partial charge < -0.3 is 20.4 Å². The van der Waals surface area contributed by atoms with Gasteiger partial charge in [0.15, 0.2) is 0 Å². The lowest BCUT2D eigenvalue weighted by Crippen LogP contribution is -2.67. The minimum Gasteiger partial charge on any atom is -0.332 e. The molecule has 0 bridgehead atoms. The van der Waals surface area contributed by atoms with Gasteiger partial charge in [-0.25, -0.2) is 0 Å². The zero-order chi connectivity index (χ0) is 16.7. The van der Waals surface area contributed by atoms with Gasteiger partial charge in [0.1, 0.15) is 0 Å². The lowest BCUT2D eigenvalue weighted by Gasteiger charge is -2.54. The maximum absolute atomic E-state index is 12.9. The first-order valence-corrected chi connectivity index (χ1v) is 8.12. The summed E-state index contributed by atoms with van der Waals surface area (Å²) in [6.45, 7) is 10.9. The zero-order valence-electron chi connectivity index (χ0n) is 14.6. The van der Waals surface area contributed by atoms with E-state index in [0.717, 1.165) is 25.9 Å². The molecule has 0 radical (unpaired) electrons. The molecule has 0 atom stereocenters. The van der Waals surface area contributed by atoms with E-state index in [1.807, 2.05) is 34.7 Å². The number of likely N-dealkylation sites (N-methyl/N-ethyl adjacent to an activating group) is 1. The molecule has 0 aromatic carbocycles. The fourth-order valence-electron chi connectivity index (χ4n) is 4.15. The fraction of sp³-hybridized carbons (Fsp3) is 0.875. The summed E-state index contributed by atoms with van der Waals surface area (Å²) in [4.78, 5) is 31.2. The second-order valence-electron chi connectivity index (χ2n) is 8.03. The highest BCUT2D eigenvalue weighted by atomic mass is 16.2. The molecule has 6 heteroatoms. The molecule has 2 fully saturated rings. The number of amides is 2. The highest BCUT2D eigenvalue weighted by Crippen LogP contribution is 2.38. The molecule has 22 heavy (non-hydrogen) atoms. The number of carbonyl (C=O) groups is 2. The van der Waals surface area contributed by atoms with Crippen LogP contribution in [0.25, 0.3) is 0 Å². The number of nitrogens with zero attached hydrogens (tertiary/aromatic N) is 3. The van der Waals surface area contributed by atoms with Crippen molar-refractivity contribution in [3.63, 3.8) is 0 Å². The molecule has 0 aliphatic carbocycles. The molecule has 126 valence electrons. The van der Waals surface area contributed by atoms with Gasteiger partial charge in [0.05, 0.1) is 0 Å². The third-order valence-electron chi connectivity index (χ3n) is 4.91. The second-order valence-corrected chi connectivity index (χ2v) is 8.03. The van der Waals surface area contributed by atoms with Crippen molar-refractivity contribution < 1.29 is 9.59 Å². The number of hydrogen-bond donors (Lipinski definition) is 1. The highest BCUT2D eigenvalue weighted by molar-refractivity contribution is 6.35. The summed E-state index contributed by atoms with van der Waals surface area (Å²) in [6.07, 6.45) is 1.44. The summed E-state index contributed by atoms with van der Waals surface area (Å²) >= 11 is 0. The number of hydrogen-bond acceptors (Lipinski definition) is 4. The quantitative estimate of drug-likeness (QED) is 0.652. The predicted octanol–water partition coefficient (Wildman–Crippen LogP) is 0.267. The summed E-state index contributed by atoms with van der Waals surface area (Å²) < 4.78 is 0. The van der Waals surface area contributed by atoms with Crippen molar-refractivity contribution >= 4 is 11.8 Å². The monoisotopic (exact) mass is 310 g/mol. The number of carbonyl (C=O) groups excluding carboxylic acids is 2. The first-order valence-electron chi connectivity index (χ1n) is 8.12. The van der Waals surface area contributed by atoms with Crippen molar-refractivity contribution in [1.82, 2.24) is 14.7 Å². The number of rotatable bonds is 0. The van der Waals surface area contributed by atoms with Crippen molar-refractivity contribution in [2.75, 3.05) is 33.2 Å². The molecular formula is C16H30N4O2. The van der Waals surface area contributed by atoms with Crippen LogP contribution in [0.5, 0.6) is 0 Å². The topological polar surface area (TPSA) is 69.9 Å². The van der Waals surface area contributed by atoms with Crippen LogP contribution in [0.1, 0.15) is 40.5 Å². The molecular weight excluding hydrogens is 280 g/mol. The van der Waals surface area contributed by atoms with Crippen LogP contribution in [-0.4, -0.2) is 76.9 Å². The smallest absolute Gasteiger partial charge is 0.312 e. The van der Waals surface area contributed by atoms with Crippen LogP contribution in [0, 0.1) is 0 Å². The van der Waals surface area contributed by atoms with Gasteiger partial charge in [-0.2, -0.15) is 0 Å². The van der Waals surface area contributed by atoms with E-state index in [9.17, 15) is 9.59 Å². The Morgan fingerprint density at radius 1 is 0.909 bits per heavy atom. The van der Waals surface area contributed by atoms with Crippen LogP contribution in [0.15, 0.2) is 0 Å². The lowest BCUT2D eigenvalue weighted by molar-refractivity contribution is -0.164. The van der Waals surface area contributed by atoms with Crippen molar-refractivity contribution in [3.05, 3.63) is 0 Å². The van der Waals surface area contributed by atoms with Gasteiger partial charge in [-0.1, -0.05) is 0 Å². The largest absolute Gasteiger partial charge is 0.332 e. The molecule has 2 heterocycles. The number of piperazine rings is 1. The predicted molar refractivity (Wildman–Crippen MR) is 86.3 cm³/mol. The summed E-state index contributed by atoms with van der Waals surface area (Å²) in [5.74, 6) is -0.754. The van der Waals surface area contributed by atoms with E-state index in [1.165, 1.54) is 0 Å². The maximum Gasteiger partial charge on any atom is 0.312 e. The third kappa shape index (κ3) is 3.27. The molecule has 2 amide bonds. The molecule has 2 saturated heterocycles. The molecule has 0 aromatic heterocycles. The molecule has 2 rings (SSSR count). The van der Waals surface area contributed by atoms with Crippen LogP contribution in [-0.2, 0) is 9.59 Å². The van der Waals surface area contributed by atoms with E-state index in [1.54, 1.807) is 9.80 Å². The molecule has 2 aliphatic rings. The van der Waals surface area contributed by atoms with Crippen LogP contribution >= 0.6 is 0 Å².